The number of carbonyl (C=O) groups is 4. The molecular formula is C19H24N4O5S. The van der Waals surface area contributed by atoms with Crippen molar-refractivity contribution in [3.8, 4) is 0 Å². The molecule has 0 bridgehead atoms. The van der Waals surface area contributed by atoms with E-state index in [1.165, 1.54) is 0 Å². The predicted molar refractivity (Wildman–Crippen MR) is 110 cm³/mol. The van der Waals surface area contributed by atoms with E-state index in [1.807, 2.05) is 6.92 Å². The maximum atomic E-state index is 12.1. The van der Waals surface area contributed by atoms with Gasteiger partial charge in [-0.25, -0.2) is 0 Å². The van der Waals surface area contributed by atoms with Crippen molar-refractivity contribution in [2.45, 2.75) is 39.0 Å². The summed E-state index contributed by atoms with van der Waals surface area (Å²) in [5, 5.41) is 5.04. The summed E-state index contributed by atoms with van der Waals surface area (Å²) in [7, 11) is 0. The van der Waals surface area contributed by atoms with Gasteiger partial charge in [-0.15, -0.1) is 0 Å². The molecule has 0 aromatic heterocycles. The fraction of sp³-hybridized carbons (Fsp3) is 0.421. The largest absolute Gasteiger partial charge is 0.466 e. The first-order valence-electron chi connectivity index (χ1n) is 9.35. The summed E-state index contributed by atoms with van der Waals surface area (Å²) in [4.78, 5) is 46.9. The van der Waals surface area contributed by atoms with Crippen LogP contribution in [0.2, 0.25) is 0 Å². The standard InChI is InChI=1S/C19H24N4O5S/c1-2-11-28-16(25)10-9-15(24)21-19(29)23-22-18(27)13-5-7-14(8-6-13)20-17(26)12-3-4-12/h5-8,12H,2-4,9-11H2,1H3,(H,20,26)(H,22,27)(H2,21,23,24,29). The van der Waals surface area contributed by atoms with Crippen LogP contribution in [0.4, 0.5) is 5.69 Å². The topological polar surface area (TPSA) is 126 Å². The highest BCUT2D eigenvalue weighted by atomic mass is 32.1. The van der Waals surface area contributed by atoms with Crippen LogP contribution in [0.5, 0.6) is 0 Å². The Balaban J connectivity index is 1.68. The molecule has 1 aromatic rings. The lowest BCUT2D eigenvalue weighted by atomic mass is 10.2. The molecule has 0 atom stereocenters. The van der Waals surface area contributed by atoms with Gasteiger partial charge in [0, 0.05) is 23.6 Å². The molecule has 1 aromatic carbocycles. The number of ether oxygens (including phenoxy) is 1. The summed E-state index contributed by atoms with van der Waals surface area (Å²) in [5.74, 6) is -1.30. The Hall–Kier alpha value is -3.01. The van der Waals surface area contributed by atoms with Gasteiger partial charge in [-0.3, -0.25) is 30.0 Å². The Morgan fingerprint density at radius 2 is 1.76 bits per heavy atom. The summed E-state index contributed by atoms with van der Waals surface area (Å²) >= 11 is 4.93. The smallest absolute Gasteiger partial charge is 0.306 e. The lowest BCUT2D eigenvalue weighted by molar-refractivity contribution is -0.144. The van der Waals surface area contributed by atoms with E-state index in [2.05, 4.69) is 21.5 Å². The van der Waals surface area contributed by atoms with Crippen LogP contribution in [-0.4, -0.2) is 35.4 Å². The van der Waals surface area contributed by atoms with Crippen molar-refractivity contribution in [3.05, 3.63) is 29.8 Å². The quantitative estimate of drug-likeness (QED) is 0.285. The van der Waals surface area contributed by atoms with Crippen molar-refractivity contribution in [3.63, 3.8) is 0 Å². The highest BCUT2D eigenvalue weighted by Gasteiger charge is 2.29. The molecule has 29 heavy (non-hydrogen) atoms. The fourth-order valence-electron chi connectivity index (χ4n) is 2.20. The molecule has 156 valence electrons. The van der Waals surface area contributed by atoms with Gasteiger partial charge in [-0.2, -0.15) is 0 Å². The predicted octanol–water partition coefficient (Wildman–Crippen LogP) is 1.40. The van der Waals surface area contributed by atoms with E-state index in [-0.39, 0.29) is 29.8 Å². The number of benzene rings is 1. The van der Waals surface area contributed by atoms with Crippen LogP contribution in [-0.2, 0) is 19.1 Å². The van der Waals surface area contributed by atoms with Gasteiger partial charge in [0.05, 0.1) is 13.0 Å². The number of hydrogen-bond donors (Lipinski definition) is 4. The maximum Gasteiger partial charge on any atom is 0.306 e. The van der Waals surface area contributed by atoms with Gasteiger partial charge in [0.2, 0.25) is 11.8 Å². The number of anilines is 1. The number of hydrazine groups is 1. The minimum Gasteiger partial charge on any atom is -0.466 e. The second-order valence-electron chi connectivity index (χ2n) is 6.52. The number of carbonyl (C=O) groups excluding carboxylic acids is 4. The third-order valence-electron chi connectivity index (χ3n) is 3.93. The first-order chi connectivity index (χ1) is 13.9. The molecule has 1 aliphatic carbocycles. The van der Waals surface area contributed by atoms with Gasteiger partial charge >= 0.3 is 5.97 Å². The molecule has 4 N–H and O–H groups in total. The van der Waals surface area contributed by atoms with Crippen LogP contribution in [0.3, 0.4) is 0 Å². The number of nitrogens with one attached hydrogen (secondary N) is 4. The van der Waals surface area contributed by atoms with E-state index >= 15 is 0 Å². The maximum absolute atomic E-state index is 12.1. The van der Waals surface area contributed by atoms with Gasteiger partial charge in [-0.05, 0) is 55.7 Å². The molecule has 2 rings (SSSR count). The summed E-state index contributed by atoms with van der Waals surface area (Å²) in [6, 6.07) is 6.38. The summed E-state index contributed by atoms with van der Waals surface area (Å²) in [6.07, 6.45) is 2.41. The highest BCUT2D eigenvalue weighted by Crippen LogP contribution is 2.30. The van der Waals surface area contributed by atoms with Gasteiger partial charge in [-0.1, -0.05) is 6.92 Å². The number of hydrogen-bond acceptors (Lipinski definition) is 6. The van der Waals surface area contributed by atoms with Crippen molar-refractivity contribution < 1.29 is 23.9 Å². The van der Waals surface area contributed by atoms with Crippen molar-refractivity contribution in [1.82, 2.24) is 16.2 Å². The van der Waals surface area contributed by atoms with E-state index in [0.29, 0.717) is 24.3 Å². The SMILES string of the molecule is CCCOC(=O)CCC(=O)NC(=S)NNC(=O)c1ccc(NC(=O)C2CC2)cc1. The average Bonchev–Trinajstić information content (AvgIpc) is 3.55. The average molecular weight is 420 g/mol. The van der Waals surface area contributed by atoms with Crippen molar-refractivity contribution in [2.75, 3.05) is 11.9 Å². The van der Waals surface area contributed by atoms with Gasteiger partial charge < -0.3 is 15.4 Å². The van der Waals surface area contributed by atoms with Crippen LogP contribution in [0.25, 0.3) is 0 Å². The van der Waals surface area contributed by atoms with Gasteiger partial charge in [0.15, 0.2) is 5.11 Å². The summed E-state index contributed by atoms with van der Waals surface area (Å²) in [5.41, 5.74) is 5.74. The van der Waals surface area contributed by atoms with Crippen molar-refractivity contribution in [1.29, 1.82) is 0 Å². The Morgan fingerprint density at radius 3 is 2.38 bits per heavy atom. The molecule has 1 aliphatic rings. The first kappa shape index (κ1) is 22.3. The van der Waals surface area contributed by atoms with Crippen LogP contribution in [0.1, 0.15) is 49.4 Å². The molecule has 10 heteroatoms. The van der Waals surface area contributed by atoms with E-state index in [0.717, 1.165) is 12.8 Å². The molecule has 0 saturated heterocycles. The second-order valence-corrected chi connectivity index (χ2v) is 6.93. The van der Waals surface area contributed by atoms with Crippen LogP contribution < -0.4 is 21.5 Å². The van der Waals surface area contributed by atoms with E-state index < -0.39 is 17.8 Å². The second kappa shape index (κ2) is 11.1. The fourth-order valence-corrected chi connectivity index (χ4v) is 2.37. The van der Waals surface area contributed by atoms with Crippen LogP contribution in [0.15, 0.2) is 24.3 Å². The molecule has 0 radical (unpaired) electrons. The molecule has 0 heterocycles. The minimum absolute atomic E-state index is 0.0106. The molecule has 0 spiro atoms. The lowest BCUT2D eigenvalue weighted by Crippen LogP contribution is -2.48. The zero-order valence-corrected chi connectivity index (χ0v) is 16.9. The molecule has 0 unspecified atom stereocenters. The third-order valence-corrected chi connectivity index (χ3v) is 4.13. The van der Waals surface area contributed by atoms with E-state index in [9.17, 15) is 19.2 Å². The van der Waals surface area contributed by atoms with Crippen LogP contribution in [0, 0.1) is 5.92 Å². The van der Waals surface area contributed by atoms with E-state index in [4.69, 9.17) is 17.0 Å². The van der Waals surface area contributed by atoms with Gasteiger partial charge in [0.25, 0.3) is 5.91 Å². The summed E-state index contributed by atoms with van der Waals surface area (Å²) < 4.78 is 4.87. The summed E-state index contributed by atoms with van der Waals surface area (Å²) in [6.45, 7) is 2.19. The zero-order valence-electron chi connectivity index (χ0n) is 16.1. The molecule has 0 aliphatic heterocycles. The molecule has 1 fully saturated rings. The Labute approximate surface area is 173 Å². The highest BCUT2D eigenvalue weighted by molar-refractivity contribution is 7.80. The first-order valence-corrected chi connectivity index (χ1v) is 9.76. The number of thiocarbonyl (C=S) groups is 1. The minimum atomic E-state index is -0.471. The van der Waals surface area contributed by atoms with Crippen molar-refractivity contribution >= 4 is 46.7 Å². The zero-order chi connectivity index (χ0) is 21.2. The normalized spacial score (nSPS) is 12.4. The third kappa shape index (κ3) is 8.26. The molecule has 9 nitrogen and oxygen atoms in total. The Bertz CT molecular complexity index is 777. The lowest BCUT2D eigenvalue weighted by Gasteiger charge is -2.11. The number of esters is 1. The van der Waals surface area contributed by atoms with Crippen molar-refractivity contribution in [2.24, 2.45) is 5.92 Å². The number of rotatable bonds is 8. The van der Waals surface area contributed by atoms with Gasteiger partial charge in [0.1, 0.15) is 0 Å². The Morgan fingerprint density at radius 1 is 1.07 bits per heavy atom. The molecule has 1 saturated carbocycles. The van der Waals surface area contributed by atoms with Crippen LogP contribution >= 0.6 is 12.2 Å². The molecule has 3 amide bonds. The number of amides is 3. The molecular weight excluding hydrogens is 396 g/mol. The Kier molecular flexibility index (Phi) is 8.53. The van der Waals surface area contributed by atoms with E-state index in [1.54, 1.807) is 24.3 Å². The monoisotopic (exact) mass is 420 g/mol.